The molecule has 2 saturated heterocycles. The Morgan fingerprint density at radius 2 is 2.05 bits per heavy atom. The zero-order valence-corrected chi connectivity index (χ0v) is 13.3. The summed E-state index contributed by atoms with van der Waals surface area (Å²) in [4.78, 5) is 2.69. The Kier molecular flexibility index (Phi) is 4.81. The Bertz CT molecular complexity index is 445. The highest BCUT2D eigenvalue weighted by atomic mass is 16.5. The summed E-state index contributed by atoms with van der Waals surface area (Å²) in [6, 6.07) is 10.6. The number of methoxy groups -OCH3 is 1. The summed E-state index contributed by atoms with van der Waals surface area (Å²) >= 11 is 0. The van der Waals surface area contributed by atoms with E-state index in [4.69, 9.17) is 4.74 Å². The summed E-state index contributed by atoms with van der Waals surface area (Å²) in [6.45, 7) is 4.93. The molecule has 3 atom stereocenters. The van der Waals surface area contributed by atoms with Gasteiger partial charge in [0.05, 0.1) is 7.11 Å². The topological polar surface area (TPSA) is 24.5 Å². The summed E-state index contributed by atoms with van der Waals surface area (Å²) in [5, 5.41) is 3.85. The first kappa shape index (κ1) is 14.9. The molecule has 1 aromatic carbocycles. The second-order valence-corrected chi connectivity index (χ2v) is 6.67. The molecule has 0 aromatic heterocycles. The largest absolute Gasteiger partial charge is 0.497 e. The van der Waals surface area contributed by atoms with Crippen LogP contribution in [-0.2, 0) is 6.42 Å². The van der Waals surface area contributed by atoms with Crippen molar-refractivity contribution < 1.29 is 4.74 Å². The average Bonchev–Trinajstić information content (AvgIpc) is 2.95. The van der Waals surface area contributed by atoms with Crippen LogP contribution in [0.2, 0.25) is 0 Å². The van der Waals surface area contributed by atoms with E-state index in [-0.39, 0.29) is 0 Å². The third-order valence-corrected chi connectivity index (χ3v) is 5.04. The molecule has 2 aliphatic heterocycles. The number of nitrogens with one attached hydrogen (secondary N) is 1. The van der Waals surface area contributed by atoms with Crippen LogP contribution >= 0.6 is 0 Å². The van der Waals surface area contributed by atoms with Gasteiger partial charge in [0, 0.05) is 18.1 Å². The SMILES string of the molecule is COc1ccc(CC(C)NC2CCN3CCCC3C2)cc1. The maximum atomic E-state index is 5.22. The van der Waals surface area contributed by atoms with E-state index in [2.05, 4.69) is 41.4 Å². The number of hydrogen-bond donors (Lipinski definition) is 1. The molecule has 3 unspecified atom stereocenters. The smallest absolute Gasteiger partial charge is 0.118 e. The second-order valence-electron chi connectivity index (χ2n) is 6.67. The molecule has 0 radical (unpaired) electrons. The fourth-order valence-electron chi connectivity index (χ4n) is 3.95. The van der Waals surface area contributed by atoms with Gasteiger partial charge in [0.25, 0.3) is 0 Å². The predicted molar refractivity (Wildman–Crippen MR) is 86.9 cm³/mol. The summed E-state index contributed by atoms with van der Waals surface area (Å²) in [5.74, 6) is 0.938. The maximum Gasteiger partial charge on any atom is 0.118 e. The van der Waals surface area contributed by atoms with Crippen LogP contribution in [0.25, 0.3) is 0 Å². The van der Waals surface area contributed by atoms with E-state index in [1.165, 1.54) is 44.3 Å². The third-order valence-electron chi connectivity index (χ3n) is 5.04. The van der Waals surface area contributed by atoms with Crippen molar-refractivity contribution in [3.05, 3.63) is 29.8 Å². The Balaban J connectivity index is 1.48. The van der Waals surface area contributed by atoms with E-state index in [1.54, 1.807) is 7.11 Å². The molecule has 3 heteroatoms. The van der Waals surface area contributed by atoms with Crippen molar-refractivity contribution in [1.82, 2.24) is 10.2 Å². The molecule has 2 fully saturated rings. The van der Waals surface area contributed by atoms with E-state index in [0.717, 1.165) is 18.2 Å². The average molecular weight is 288 g/mol. The number of nitrogens with zero attached hydrogens (tertiary/aromatic N) is 1. The molecule has 0 amide bonds. The first-order valence-corrected chi connectivity index (χ1v) is 8.37. The zero-order chi connectivity index (χ0) is 14.7. The van der Waals surface area contributed by atoms with E-state index in [0.29, 0.717) is 12.1 Å². The monoisotopic (exact) mass is 288 g/mol. The molecule has 0 spiro atoms. The minimum absolute atomic E-state index is 0.538. The number of rotatable bonds is 5. The van der Waals surface area contributed by atoms with Crippen LogP contribution in [0.15, 0.2) is 24.3 Å². The van der Waals surface area contributed by atoms with Gasteiger partial charge >= 0.3 is 0 Å². The van der Waals surface area contributed by atoms with Gasteiger partial charge in [-0.05, 0) is 69.8 Å². The Morgan fingerprint density at radius 3 is 2.81 bits per heavy atom. The Labute approximate surface area is 128 Å². The lowest BCUT2D eigenvalue weighted by molar-refractivity contribution is 0.162. The van der Waals surface area contributed by atoms with Crippen LogP contribution in [0.1, 0.15) is 38.2 Å². The first-order valence-electron chi connectivity index (χ1n) is 8.37. The number of piperidine rings is 1. The molecular weight excluding hydrogens is 260 g/mol. The van der Waals surface area contributed by atoms with Gasteiger partial charge in [-0.25, -0.2) is 0 Å². The zero-order valence-electron chi connectivity index (χ0n) is 13.3. The molecule has 1 N–H and O–H groups in total. The van der Waals surface area contributed by atoms with Crippen molar-refractivity contribution >= 4 is 0 Å². The standard InChI is InChI=1S/C18H28N2O/c1-14(12-15-5-7-18(21-2)8-6-15)19-16-9-11-20-10-3-4-17(20)13-16/h5-8,14,16-17,19H,3-4,9-13H2,1-2H3. The highest BCUT2D eigenvalue weighted by molar-refractivity contribution is 5.27. The fourth-order valence-corrected chi connectivity index (χ4v) is 3.95. The van der Waals surface area contributed by atoms with Crippen LogP contribution in [0.5, 0.6) is 5.75 Å². The molecule has 1 aromatic rings. The van der Waals surface area contributed by atoms with Crippen LogP contribution in [0, 0.1) is 0 Å². The molecule has 21 heavy (non-hydrogen) atoms. The normalized spacial score (nSPS) is 27.3. The molecule has 0 bridgehead atoms. The van der Waals surface area contributed by atoms with E-state index in [1.807, 2.05) is 0 Å². The lowest BCUT2D eigenvalue weighted by atomic mass is 9.96. The highest BCUT2D eigenvalue weighted by Gasteiger charge is 2.31. The molecule has 3 nitrogen and oxygen atoms in total. The van der Waals surface area contributed by atoms with Crippen molar-refractivity contribution in [2.75, 3.05) is 20.2 Å². The fraction of sp³-hybridized carbons (Fsp3) is 0.667. The summed E-state index contributed by atoms with van der Waals surface area (Å²) < 4.78 is 5.22. The molecule has 0 aliphatic carbocycles. The van der Waals surface area contributed by atoms with Crippen molar-refractivity contribution in [3.8, 4) is 5.75 Å². The maximum absolute atomic E-state index is 5.22. The molecule has 3 rings (SSSR count). The number of benzene rings is 1. The summed E-state index contributed by atoms with van der Waals surface area (Å²) in [6.07, 6.45) is 6.55. The van der Waals surface area contributed by atoms with Crippen LogP contribution in [0.4, 0.5) is 0 Å². The first-order chi connectivity index (χ1) is 10.2. The molecule has 2 heterocycles. The van der Waals surface area contributed by atoms with E-state index < -0.39 is 0 Å². The van der Waals surface area contributed by atoms with E-state index >= 15 is 0 Å². The van der Waals surface area contributed by atoms with Gasteiger partial charge in [0.1, 0.15) is 5.75 Å². The minimum atomic E-state index is 0.538. The number of ether oxygens (including phenoxy) is 1. The van der Waals surface area contributed by atoms with Crippen molar-refractivity contribution in [1.29, 1.82) is 0 Å². The van der Waals surface area contributed by atoms with E-state index in [9.17, 15) is 0 Å². The lowest BCUT2D eigenvalue weighted by Gasteiger charge is -2.36. The Morgan fingerprint density at radius 1 is 1.24 bits per heavy atom. The third kappa shape index (κ3) is 3.78. The molecule has 2 aliphatic rings. The number of hydrogen-bond acceptors (Lipinski definition) is 3. The van der Waals surface area contributed by atoms with Crippen molar-refractivity contribution in [2.24, 2.45) is 0 Å². The molecular formula is C18H28N2O. The molecule has 116 valence electrons. The van der Waals surface area contributed by atoms with Gasteiger partial charge in [-0.15, -0.1) is 0 Å². The van der Waals surface area contributed by atoms with Gasteiger partial charge in [-0.1, -0.05) is 12.1 Å². The quantitative estimate of drug-likeness (QED) is 0.901. The van der Waals surface area contributed by atoms with Gasteiger partial charge in [-0.2, -0.15) is 0 Å². The van der Waals surface area contributed by atoms with Crippen LogP contribution < -0.4 is 10.1 Å². The second kappa shape index (κ2) is 6.80. The van der Waals surface area contributed by atoms with Gasteiger partial charge < -0.3 is 15.0 Å². The lowest BCUT2D eigenvalue weighted by Crippen LogP contribution is -2.48. The molecule has 0 saturated carbocycles. The number of fused-ring (bicyclic) bond motifs is 1. The van der Waals surface area contributed by atoms with Gasteiger partial charge in [-0.3, -0.25) is 0 Å². The van der Waals surface area contributed by atoms with Crippen molar-refractivity contribution in [2.45, 2.75) is 57.2 Å². The van der Waals surface area contributed by atoms with Crippen LogP contribution in [0.3, 0.4) is 0 Å². The van der Waals surface area contributed by atoms with Gasteiger partial charge in [0.2, 0.25) is 0 Å². The predicted octanol–water partition coefficient (Wildman–Crippen LogP) is 2.84. The van der Waals surface area contributed by atoms with Gasteiger partial charge in [0.15, 0.2) is 0 Å². The summed E-state index contributed by atoms with van der Waals surface area (Å²) in [5.41, 5.74) is 1.38. The minimum Gasteiger partial charge on any atom is -0.497 e. The summed E-state index contributed by atoms with van der Waals surface area (Å²) in [7, 11) is 1.72. The van der Waals surface area contributed by atoms with Crippen LogP contribution in [-0.4, -0.2) is 43.2 Å². The highest BCUT2D eigenvalue weighted by Crippen LogP contribution is 2.27. The van der Waals surface area contributed by atoms with Crippen molar-refractivity contribution in [3.63, 3.8) is 0 Å². The Hall–Kier alpha value is -1.06.